The van der Waals surface area contributed by atoms with Gasteiger partial charge in [-0.15, -0.1) is 10.2 Å². The Morgan fingerprint density at radius 1 is 1.44 bits per heavy atom. The average Bonchev–Trinajstić information content (AvgIpc) is 2.73. The van der Waals surface area contributed by atoms with Crippen LogP contribution in [0.2, 0.25) is 0 Å². The lowest BCUT2D eigenvalue weighted by molar-refractivity contribution is 0.290. The van der Waals surface area contributed by atoms with E-state index >= 15 is 0 Å². The van der Waals surface area contributed by atoms with Gasteiger partial charge in [0.1, 0.15) is 5.75 Å². The summed E-state index contributed by atoms with van der Waals surface area (Å²) in [5.74, 6) is 1.33. The van der Waals surface area contributed by atoms with Crippen molar-refractivity contribution in [1.29, 1.82) is 0 Å². The fourth-order valence-electron chi connectivity index (χ4n) is 1.68. The van der Waals surface area contributed by atoms with Crippen molar-refractivity contribution in [3.8, 4) is 5.75 Å². The molecule has 2 N–H and O–H groups in total. The molecule has 0 saturated carbocycles. The van der Waals surface area contributed by atoms with Gasteiger partial charge in [0.2, 0.25) is 5.82 Å². The van der Waals surface area contributed by atoms with Crippen LogP contribution in [0.3, 0.4) is 0 Å². The molecule has 0 atom stereocenters. The number of hydrogen-bond acceptors (Lipinski definition) is 5. The Morgan fingerprint density at radius 3 is 2.83 bits per heavy atom. The van der Waals surface area contributed by atoms with Crippen LogP contribution in [0, 0.1) is 6.92 Å². The van der Waals surface area contributed by atoms with Gasteiger partial charge in [-0.3, -0.25) is 0 Å². The van der Waals surface area contributed by atoms with Gasteiger partial charge in [-0.05, 0) is 29.8 Å². The first-order chi connectivity index (χ1) is 8.60. The average molecular weight is 312 g/mol. The van der Waals surface area contributed by atoms with E-state index in [1.807, 2.05) is 19.1 Å². The van der Waals surface area contributed by atoms with Crippen LogP contribution < -0.4 is 10.5 Å². The molecule has 1 heterocycles. The van der Waals surface area contributed by atoms with E-state index in [0.29, 0.717) is 12.4 Å². The molecule has 1 aromatic carbocycles. The number of halogens is 1. The van der Waals surface area contributed by atoms with Crippen molar-refractivity contribution >= 4 is 15.9 Å². The van der Waals surface area contributed by atoms with Gasteiger partial charge in [0.15, 0.2) is 6.61 Å². The number of rotatable bonds is 4. The van der Waals surface area contributed by atoms with E-state index < -0.39 is 0 Å². The summed E-state index contributed by atoms with van der Waals surface area (Å²) >= 11 is 3.44. The Bertz CT molecular complexity index is 554. The number of ether oxygens (including phenoxy) is 1. The molecule has 7 heteroatoms. The van der Waals surface area contributed by atoms with Crippen LogP contribution >= 0.6 is 15.9 Å². The second-order valence-corrected chi connectivity index (χ2v) is 4.81. The van der Waals surface area contributed by atoms with E-state index in [1.54, 1.807) is 7.05 Å². The number of tetrazole rings is 1. The third kappa shape index (κ3) is 2.85. The zero-order valence-electron chi connectivity index (χ0n) is 10.2. The molecule has 96 valence electrons. The van der Waals surface area contributed by atoms with Crippen LogP contribution in [-0.4, -0.2) is 20.2 Å². The predicted molar refractivity (Wildman–Crippen MR) is 69.9 cm³/mol. The fourth-order valence-corrected chi connectivity index (χ4v) is 2.30. The highest BCUT2D eigenvalue weighted by Gasteiger charge is 2.09. The second kappa shape index (κ2) is 5.45. The van der Waals surface area contributed by atoms with Crippen molar-refractivity contribution in [3.63, 3.8) is 0 Å². The normalized spacial score (nSPS) is 10.7. The Kier molecular flexibility index (Phi) is 3.93. The van der Waals surface area contributed by atoms with Gasteiger partial charge in [0, 0.05) is 16.6 Å². The van der Waals surface area contributed by atoms with Crippen LogP contribution in [0.15, 0.2) is 16.6 Å². The Labute approximate surface area is 113 Å². The van der Waals surface area contributed by atoms with Gasteiger partial charge >= 0.3 is 0 Å². The van der Waals surface area contributed by atoms with Gasteiger partial charge in [-0.1, -0.05) is 15.9 Å². The van der Waals surface area contributed by atoms with Crippen LogP contribution in [0.4, 0.5) is 0 Å². The molecule has 0 unspecified atom stereocenters. The molecule has 0 saturated heterocycles. The van der Waals surface area contributed by atoms with E-state index in [1.165, 1.54) is 4.80 Å². The minimum atomic E-state index is 0.281. The number of hydrogen-bond donors (Lipinski definition) is 1. The fraction of sp³-hybridized carbons (Fsp3) is 0.364. The summed E-state index contributed by atoms with van der Waals surface area (Å²) < 4.78 is 6.73. The standard InChI is InChI=1S/C11H14BrN5O/c1-7-3-9(12)4-8(5-13)11(7)18-6-10-14-16-17(2)15-10/h3-4H,5-6,13H2,1-2H3. The quantitative estimate of drug-likeness (QED) is 0.921. The molecule has 0 bridgehead atoms. The predicted octanol–water partition coefficient (Wildman–Crippen LogP) is 1.32. The molecule has 18 heavy (non-hydrogen) atoms. The largest absolute Gasteiger partial charge is 0.485 e. The van der Waals surface area contributed by atoms with Crippen molar-refractivity contribution < 1.29 is 4.74 Å². The molecule has 2 rings (SSSR count). The topological polar surface area (TPSA) is 78.9 Å². The highest BCUT2D eigenvalue weighted by molar-refractivity contribution is 9.10. The van der Waals surface area contributed by atoms with Crippen molar-refractivity contribution in [2.75, 3.05) is 0 Å². The maximum Gasteiger partial charge on any atom is 0.212 e. The van der Waals surface area contributed by atoms with Crippen molar-refractivity contribution in [1.82, 2.24) is 20.2 Å². The second-order valence-electron chi connectivity index (χ2n) is 3.90. The molecule has 0 aliphatic rings. The first-order valence-corrected chi connectivity index (χ1v) is 6.24. The number of aromatic nitrogens is 4. The van der Waals surface area contributed by atoms with Crippen LogP contribution in [0.1, 0.15) is 17.0 Å². The van der Waals surface area contributed by atoms with E-state index in [4.69, 9.17) is 10.5 Å². The Balaban J connectivity index is 2.18. The number of aryl methyl sites for hydroxylation is 2. The molecule has 0 spiro atoms. The highest BCUT2D eigenvalue weighted by atomic mass is 79.9. The number of nitrogens with zero attached hydrogens (tertiary/aromatic N) is 4. The molecule has 0 fully saturated rings. The molecule has 6 nitrogen and oxygen atoms in total. The summed E-state index contributed by atoms with van der Waals surface area (Å²) in [6.07, 6.45) is 0. The van der Waals surface area contributed by atoms with E-state index in [2.05, 4.69) is 31.3 Å². The molecule has 0 aliphatic carbocycles. The van der Waals surface area contributed by atoms with Gasteiger partial charge in [-0.2, -0.15) is 4.80 Å². The maximum atomic E-state index is 5.73. The van der Waals surface area contributed by atoms with E-state index in [0.717, 1.165) is 21.3 Å². The SMILES string of the molecule is Cc1cc(Br)cc(CN)c1OCc1nnn(C)n1. The molecule has 0 aliphatic heterocycles. The molecule has 0 radical (unpaired) electrons. The number of nitrogens with two attached hydrogens (primary N) is 1. The zero-order chi connectivity index (χ0) is 13.1. The molecular weight excluding hydrogens is 298 g/mol. The van der Waals surface area contributed by atoms with Gasteiger partial charge in [-0.25, -0.2) is 0 Å². The van der Waals surface area contributed by atoms with Crippen LogP contribution in [-0.2, 0) is 20.2 Å². The lowest BCUT2D eigenvalue weighted by atomic mass is 10.1. The van der Waals surface area contributed by atoms with E-state index in [9.17, 15) is 0 Å². The summed E-state index contributed by atoms with van der Waals surface area (Å²) in [6, 6.07) is 3.94. The third-order valence-corrected chi connectivity index (χ3v) is 2.89. The van der Waals surface area contributed by atoms with Crippen molar-refractivity contribution in [3.05, 3.63) is 33.6 Å². The Hall–Kier alpha value is -1.47. The summed E-state index contributed by atoms with van der Waals surface area (Å²) in [5, 5.41) is 11.7. The monoisotopic (exact) mass is 311 g/mol. The zero-order valence-corrected chi connectivity index (χ0v) is 11.8. The minimum Gasteiger partial charge on any atom is -0.485 e. The first-order valence-electron chi connectivity index (χ1n) is 5.45. The summed E-state index contributed by atoms with van der Waals surface area (Å²) in [6.45, 7) is 2.68. The molecule has 2 aromatic rings. The van der Waals surface area contributed by atoms with Gasteiger partial charge in [0.05, 0.1) is 7.05 Å². The highest BCUT2D eigenvalue weighted by Crippen LogP contribution is 2.28. The summed E-state index contributed by atoms with van der Waals surface area (Å²) in [4.78, 5) is 1.40. The van der Waals surface area contributed by atoms with Crippen LogP contribution in [0.25, 0.3) is 0 Å². The van der Waals surface area contributed by atoms with E-state index in [-0.39, 0.29) is 6.61 Å². The molecule has 0 amide bonds. The third-order valence-electron chi connectivity index (χ3n) is 2.43. The Morgan fingerprint density at radius 2 is 2.22 bits per heavy atom. The van der Waals surface area contributed by atoms with Gasteiger partial charge < -0.3 is 10.5 Å². The van der Waals surface area contributed by atoms with Crippen molar-refractivity contribution in [2.45, 2.75) is 20.1 Å². The lowest BCUT2D eigenvalue weighted by Crippen LogP contribution is -2.05. The first kappa shape index (κ1) is 13.0. The summed E-state index contributed by atoms with van der Waals surface area (Å²) in [7, 11) is 1.71. The maximum absolute atomic E-state index is 5.73. The number of benzene rings is 1. The van der Waals surface area contributed by atoms with Gasteiger partial charge in [0.25, 0.3) is 0 Å². The smallest absolute Gasteiger partial charge is 0.212 e. The summed E-state index contributed by atoms with van der Waals surface area (Å²) in [5.41, 5.74) is 7.68. The molecule has 1 aromatic heterocycles. The molecular formula is C11H14BrN5O. The lowest BCUT2D eigenvalue weighted by Gasteiger charge is -2.12. The minimum absolute atomic E-state index is 0.281. The van der Waals surface area contributed by atoms with Crippen molar-refractivity contribution in [2.24, 2.45) is 12.8 Å². The van der Waals surface area contributed by atoms with Crippen LogP contribution in [0.5, 0.6) is 5.75 Å².